The summed E-state index contributed by atoms with van der Waals surface area (Å²) in [5.74, 6) is -0.671. The standard InChI is InChI=1S/C26H22O6/c1-4-18-5-7-19(8-6-18)25(28)31-22-13-15-23(16-14-22)32-26(29)20-9-11-21(12-10-20)30-24(27)17(2)3/h5-16H,2,4H2,1,3H3. The lowest BCUT2D eigenvalue weighted by molar-refractivity contribution is -0.130. The zero-order valence-corrected chi connectivity index (χ0v) is 17.8. The lowest BCUT2D eigenvalue weighted by atomic mass is 10.1. The highest BCUT2D eigenvalue weighted by atomic mass is 16.5. The second kappa shape index (κ2) is 10.2. The van der Waals surface area contributed by atoms with Gasteiger partial charge in [-0.3, -0.25) is 0 Å². The van der Waals surface area contributed by atoms with Gasteiger partial charge in [-0.25, -0.2) is 14.4 Å². The molecule has 0 radical (unpaired) electrons. The van der Waals surface area contributed by atoms with Gasteiger partial charge in [0.2, 0.25) is 0 Å². The van der Waals surface area contributed by atoms with Gasteiger partial charge in [0.25, 0.3) is 0 Å². The van der Waals surface area contributed by atoms with E-state index in [1.165, 1.54) is 36.4 Å². The van der Waals surface area contributed by atoms with E-state index in [4.69, 9.17) is 14.2 Å². The molecule has 0 aliphatic rings. The van der Waals surface area contributed by atoms with E-state index in [1.807, 2.05) is 19.1 Å². The number of hydrogen-bond acceptors (Lipinski definition) is 6. The predicted octanol–water partition coefficient (Wildman–Crippen LogP) is 5.17. The van der Waals surface area contributed by atoms with Crippen molar-refractivity contribution in [2.75, 3.05) is 0 Å². The minimum Gasteiger partial charge on any atom is -0.423 e. The van der Waals surface area contributed by atoms with Crippen LogP contribution in [-0.2, 0) is 11.2 Å². The van der Waals surface area contributed by atoms with Crippen LogP contribution in [0.15, 0.2) is 84.9 Å². The highest BCUT2D eigenvalue weighted by Crippen LogP contribution is 2.21. The smallest absolute Gasteiger partial charge is 0.343 e. The van der Waals surface area contributed by atoms with Crippen LogP contribution in [0.25, 0.3) is 0 Å². The lowest BCUT2D eigenvalue weighted by Gasteiger charge is -2.08. The van der Waals surface area contributed by atoms with Crippen LogP contribution in [0.5, 0.6) is 17.2 Å². The van der Waals surface area contributed by atoms with E-state index in [9.17, 15) is 14.4 Å². The van der Waals surface area contributed by atoms with Crippen LogP contribution in [0, 0.1) is 0 Å². The number of rotatable bonds is 7. The van der Waals surface area contributed by atoms with Crippen LogP contribution >= 0.6 is 0 Å². The third-order valence-electron chi connectivity index (χ3n) is 4.49. The first-order valence-corrected chi connectivity index (χ1v) is 9.97. The molecule has 0 heterocycles. The van der Waals surface area contributed by atoms with Crippen LogP contribution in [0.4, 0.5) is 0 Å². The maximum absolute atomic E-state index is 12.3. The minimum atomic E-state index is -0.580. The maximum Gasteiger partial charge on any atom is 0.343 e. The van der Waals surface area contributed by atoms with Crippen LogP contribution in [0.3, 0.4) is 0 Å². The number of carbonyl (C=O) groups is 3. The Morgan fingerprint density at radius 3 is 1.44 bits per heavy atom. The molecule has 0 bridgehead atoms. The SMILES string of the molecule is C=C(C)C(=O)Oc1ccc(C(=O)Oc2ccc(OC(=O)c3ccc(CC)cc3)cc2)cc1. The zero-order valence-electron chi connectivity index (χ0n) is 17.8. The van der Waals surface area contributed by atoms with E-state index in [0.717, 1.165) is 12.0 Å². The molecule has 6 nitrogen and oxygen atoms in total. The van der Waals surface area contributed by atoms with Gasteiger partial charge in [0.1, 0.15) is 17.2 Å². The summed E-state index contributed by atoms with van der Waals surface area (Å²) >= 11 is 0. The van der Waals surface area contributed by atoms with E-state index in [1.54, 1.807) is 31.2 Å². The quantitative estimate of drug-likeness (QED) is 0.292. The van der Waals surface area contributed by atoms with Crippen molar-refractivity contribution in [2.45, 2.75) is 20.3 Å². The van der Waals surface area contributed by atoms with Crippen LogP contribution in [-0.4, -0.2) is 17.9 Å². The summed E-state index contributed by atoms with van der Waals surface area (Å²) in [5, 5.41) is 0. The van der Waals surface area contributed by atoms with Crippen LogP contribution < -0.4 is 14.2 Å². The third-order valence-corrected chi connectivity index (χ3v) is 4.49. The lowest BCUT2D eigenvalue weighted by Crippen LogP contribution is -2.10. The van der Waals surface area contributed by atoms with Crippen LogP contribution in [0.2, 0.25) is 0 Å². The summed E-state index contributed by atoms with van der Waals surface area (Å²) in [4.78, 5) is 36.1. The van der Waals surface area contributed by atoms with Crippen molar-refractivity contribution in [3.63, 3.8) is 0 Å². The van der Waals surface area contributed by atoms with E-state index >= 15 is 0 Å². The Hall–Kier alpha value is -4.19. The number of carbonyl (C=O) groups excluding carboxylic acids is 3. The van der Waals surface area contributed by atoms with Crippen molar-refractivity contribution in [3.8, 4) is 17.2 Å². The molecule has 0 spiro atoms. The molecule has 0 fully saturated rings. The summed E-state index contributed by atoms with van der Waals surface area (Å²) in [6, 6.07) is 19.3. The van der Waals surface area contributed by atoms with E-state index < -0.39 is 17.9 Å². The third kappa shape index (κ3) is 5.92. The second-order valence-electron chi connectivity index (χ2n) is 7.00. The summed E-state index contributed by atoms with van der Waals surface area (Å²) in [6.45, 7) is 7.10. The fourth-order valence-electron chi connectivity index (χ4n) is 2.64. The highest BCUT2D eigenvalue weighted by Gasteiger charge is 2.12. The summed E-state index contributed by atoms with van der Waals surface area (Å²) in [7, 11) is 0. The van der Waals surface area contributed by atoms with Gasteiger partial charge in [-0.15, -0.1) is 0 Å². The molecule has 0 saturated carbocycles. The Labute approximate surface area is 186 Å². The molecular weight excluding hydrogens is 408 g/mol. The molecule has 6 heteroatoms. The second-order valence-corrected chi connectivity index (χ2v) is 7.00. The first-order valence-electron chi connectivity index (χ1n) is 9.97. The van der Waals surface area contributed by atoms with Gasteiger partial charge in [0.15, 0.2) is 0 Å². The summed E-state index contributed by atoms with van der Waals surface area (Å²) in [6.07, 6.45) is 0.891. The molecule has 3 aromatic carbocycles. The Kier molecular flexibility index (Phi) is 7.18. The van der Waals surface area contributed by atoms with E-state index in [0.29, 0.717) is 22.8 Å². The Morgan fingerprint density at radius 1 is 0.656 bits per heavy atom. The van der Waals surface area contributed by atoms with Crippen molar-refractivity contribution in [2.24, 2.45) is 0 Å². The first-order chi connectivity index (χ1) is 15.4. The normalized spacial score (nSPS) is 10.2. The van der Waals surface area contributed by atoms with Crippen molar-refractivity contribution in [1.29, 1.82) is 0 Å². The van der Waals surface area contributed by atoms with Crippen molar-refractivity contribution in [1.82, 2.24) is 0 Å². The predicted molar refractivity (Wildman–Crippen MR) is 119 cm³/mol. The van der Waals surface area contributed by atoms with Crippen molar-refractivity contribution in [3.05, 3.63) is 102 Å². The number of aryl methyl sites for hydroxylation is 1. The zero-order chi connectivity index (χ0) is 23.1. The van der Waals surface area contributed by atoms with Gasteiger partial charge < -0.3 is 14.2 Å². The van der Waals surface area contributed by atoms with Gasteiger partial charge in [0.05, 0.1) is 11.1 Å². The van der Waals surface area contributed by atoms with Gasteiger partial charge in [0, 0.05) is 5.57 Å². The molecule has 0 unspecified atom stereocenters. The monoisotopic (exact) mass is 430 g/mol. The van der Waals surface area contributed by atoms with Crippen molar-refractivity contribution >= 4 is 17.9 Å². The topological polar surface area (TPSA) is 78.9 Å². The van der Waals surface area contributed by atoms with E-state index in [2.05, 4.69) is 6.58 Å². The van der Waals surface area contributed by atoms with Crippen molar-refractivity contribution < 1.29 is 28.6 Å². The van der Waals surface area contributed by atoms with Gasteiger partial charge in [-0.2, -0.15) is 0 Å². The molecule has 0 amide bonds. The maximum atomic E-state index is 12.3. The molecule has 0 aliphatic heterocycles. The molecule has 0 saturated heterocycles. The Balaban J connectivity index is 1.57. The van der Waals surface area contributed by atoms with Gasteiger partial charge in [-0.05, 0) is 79.6 Å². The largest absolute Gasteiger partial charge is 0.423 e. The summed E-state index contributed by atoms with van der Waals surface area (Å²) < 4.78 is 15.8. The molecule has 3 rings (SSSR count). The molecule has 0 atom stereocenters. The number of esters is 3. The van der Waals surface area contributed by atoms with E-state index in [-0.39, 0.29) is 11.1 Å². The van der Waals surface area contributed by atoms with Gasteiger partial charge >= 0.3 is 17.9 Å². The van der Waals surface area contributed by atoms with Crippen LogP contribution in [0.1, 0.15) is 40.1 Å². The average Bonchev–Trinajstić information content (AvgIpc) is 2.80. The number of benzene rings is 3. The number of ether oxygens (including phenoxy) is 3. The fraction of sp³-hybridized carbons (Fsp3) is 0.115. The molecule has 32 heavy (non-hydrogen) atoms. The molecule has 0 N–H and O–H groups in total. The first kappa shape index (κ1) is 22.5. The van der Waals surface area contributed by atoms with Gasteiger partial charge in [-0.1, -0.05) is 25.6 Å². The summed E-state index contributed by atoms with van der Waals surface area (Å²) in [5.41, 5.74) is 2.15. The highest BCUT2D eigenvalue weighted by molar-refractivity contribution is 5.92. The number of hydrogen-bond donors (Lipinski definition) is 0. The molecule has 162 valence electrons. The molecular formula is C26H22O6. The average molecular weight is 430 g/mol. The Morgan fingerprint density at radius 2 is 1.03 bits per heavy atom. The minimum absolute atomic E-state index is 0.275. The molecule has 0 aliphatic carbocycles. The Bertz CT molecular complexity index is 1130. The molecule has 3 aromatic rings. The fourth-order valence-corrected chi connectivity index (χ4v) is 2.64. The molecule has 0 aromatic heterocycles.